The van der Waals surface area contributed by atoms with Crippen molar-refractivity contribution in [1.29, 1.82) is 0 Å². The molecule has 0 aromatic carbocycles. The Morgan fingerprint density at radius 1 is 1.32 bits per heavy atom. The minimum absolute atomic E-state index is 0.117. The lowest BCUT2D eigenvalue weighted by atomic mass is 10.2. The molecule has 3 aromatic rings. The number of thiophene rings is 1. The van der Waals surface area contributed by atoms with Gasteiger partial charge in [-0.1, -0.05) is 0 Å². The zero-order chi connectivity index (χ0) is 17.4. The molecule has 25 heavy (non-hydrogen) atoms. The van der Waals surface area contributed by atoms with Crippen molar-refractivity contribution in [3.05, 3.63) is 29.0 Å². The van der Waals surface area contributed by atoms with Gasteiger partial charge in [0.1, 0.15) is 11.9 Å². The van der Waals surface area contributed by atoms with E-state index in [0.717, 1.165) is 30.8 Å². The summed E-state index contributed by atoms with van der Waals surface area (Å²) in [7, 11) is 0. The van der Waals surface area contributed by atoms with E-state index in [1.54, 1.807) is 15.9 Å². The molecule has 8 heteroatoms. The molecule has 0 unspecified atom stereocenters. The predicted octanol–water partition coefficient (Wildman–Crippen LogP) is 2.77. The Bertz CT molecular complexity index is 890. The van der Waals surface area contributed by atoms with Gasteiger partial charge >= 0.3 is 5.97 Å². The van der Waals surface area contributed by atoms with Crippen molar-refractivity contribution in [2.24, 2.45) is 0 Å². The summed E-state index contributed by atoms with van der Waals surface area (Å²) in [6, 6.07) is 5.48. The first-order chi connectivity index (χ1) is 12.1. The number of carbonyl (C=O) groups is 1. The van der Waals surface area contributed by atoms with Crippen LogP contribution in [0.4, 0.5) is 5.82 Å². The quantitative estimate of drug-likeness (QED) is 0.669. The topological polar surface area (TPSA) is 72.6 Å². The van der Waals surface area contributed by atoms with Gasteiger partial charge in [-0.15, -0.1) is 15.3 Å². The molecule has 0 N–H and O–H groups in total. The average Bonchev–Trinajstić information content (AvgIpc) is 3.32. The van der Waals surface area contributed by atoms with E-state index in [4.69, 9.17) is 9.84 Å². The first-order valence-electron chi connectivity index (χ1n) is 8.35. The summed E-state index contributed by atoms with van der Waals surface area (Å²) in [6.07, 6.45) is 1.61. The number of hydrogen-bond donors (Lipinski definition) is 0. The van der Waals surface area contributed by atoms with Crippen LogP contribution in [0.3, 0.4) is 0 Å². The Morgan fingerprint density at radius 3 is 2.96 bits per heavy atom. The van der Waals surface area contributed by atoms with Crippen LogP contribution in [-0.4, -0.2) is 44.5 Å². The highest BCUT2D eigenvalue weighted by atomic mass is 32.1. The van der Waals surface area contributed by atoms with Gasteiger partial charge < -0.3 is 9.64 Å². The molecule has 0 spiro atoms. The average molecular weight is 357 g/mol. The summed E-state index contributed by atoms with van der Waals surface area (Å²) < 4.78 is 7.14. The van der Waals surface area contributed by atoms with E-state index in [1.165, 1.54) is 0 Å². The summed E-state index contributed by atoms with van der Waals surface area (Å²) in [5.74, 6) is 1.27. The molecule has 3 aromatic heterocycles. The fraction of sp³-hybridized carbons (Fsp3) is 0.412. The van der Waals surface area contributed by atoms with Crippen molar-refractivity contribution in [2.75, 3.05) is 11.4 Å². The predicted molar refractivity (Wildman–Crippen MR) is 95.7 cm³/mol. The molecule has 0 aliphatic carbocycles. The van der Waals surface area contributed by atoms with Crippen LogP contribution < -0.4 is 4.90 Å². The van der Waals surface area contributed by atoms with E-state index < -0.39 is 0 Å². The molecule has 1 fully saturated rings. The molecule has 0 amide bonds. The Kier molecular flexibility index (Phi) is 4.12. The molecule has 1 atom stereocenters. The van der Waals surface area contributed by atoms with E-state index in [9.17, 15) is 4.79 Å². The van der Waals surface area contributed by atoms with Gasteiger partial charge in [0, 0.05) is 17.5 Å². The fourth-order valence-corrected chi connectivity index (χ4v) is 3.74. The van der Waals surface area contributed by atoms with E-state index in [2.05, 4.69) is 10.2 Å². The molecule has 0 saturated carbocycles. The van der Waals surface area contributed by atoms with Crippen molar-refractivity contribution < 1.29 is 9.53 Å². The van der Waals surface area contributed by atoms with Gasteiger partial charge in [0.15, 0.2) is 11.5 Å². The number of nitrogens with zero attached hydrogens (tertiary/aromatic N) is 5. The maximum Gasteiger partial charge on any atom is 0.329 e. The van der Waals surface area contributed by atoms with Crippen molar-refractivity contribution in [1.82, 2.24) is 19.8 Å². The summed E-state index contributed by atoms with van der Waals surface area (Å²) in [5, 5.41) is 17.1. The Hall–Kier alpha value is -2.48. The maximum absolute atomic E-state index is 12.4. The Labute approximate surface area is 149 Å². The van der Waals surface area contributed by atoms with Crippen LogP contribution in [0.5, 0.6) is 0 Å². The van der Waals surface area contributed by atoms with E-state index in [1.807, 2.05) is 47.7 Å². The highest BCUT2D eigenvalue weighted by Gasteiger charge is 2.33. The van der Waals surface area contributed by atoms with Crippen LogP contribution in [0.15, 0.2) is 29.0 Å². The summed E-state index contributed by atoms with van der Waals surface area (Å²) in [4.78, 5) is 14.4. The van der Waals surface area contributed by atoms with Crippen LogP contribution in [0, 0.1) is 0 Å². The summed E-state index contributed by atoms with van der Waals surface area (Å²) >= 11 is 1.61. The van der Waals surface area contributed by atoms with Crippen molar-refractivity contribution in [2.45, 2.75) is 38.8 Å². The zero-order valence-electron chi connectivity index (χ0n) is 14.1. The SMILES string of the molecule is CC(C)OC(=O)[C@@H]1CCCN1c1ccc2nnc(-c3ccsc3)n2n1. The largest absolute Gasteiger partial charge is 0.461 e. The van der Waals surface area contributed by atoms with Gasteiger partial charge in [-0.05, 0) is 50.3 Å². The number of anilines is 1. The van der Waals surface area contributed by atoms with Crippen LogP contribution in [0.25, 0.3) is 17.0 Å². The number of fused-ring (bicyclic) bond motifs is 1. The van der Waals surface area contributed by atoms with Crippen LogP contribution >= 0.6 is 11.3 Å². The third kappa shape index (κ3) is 2.97. The van der Waals surface area contributed by atoms with Crippen molar-refractivity contribution in [3.63, 3.8) is 0 Å². The molecule has 7 nitrogen and oxygen atoms in total. The Balaban J connectivity index is 1.69. The zero-order valence-corrected chi connectivity index (χ0v) is 14.9. The molecular weight excluding hydrogens is 338 g/mol. The van der Waals surface area contributed by atoms with E-state index >= 15 is 0 Å². The number of aromatic nitrogens is 4. The number of rotatable bonds is 4. The molecule has 4 heterocycles. The second kappa shape index (κ2) is 6.44. The molecule has 0 radical (unpaired) electrons. The second-order valence-corrected chi connectivity index (χ2v) is 7.11. The number of esters is 1. The highest BCUT2D eigenvalue weighted by Crippen LogP contribution is 2.27. The smallest absolute Gasteiger partial charge is 0.329 e. The minimum atomic E-state index is -0.284. The maximum atomic E-state index is 12.4. The van der Waals surface area contributed by atoms with E-state index in [0.29, 0.717) is 11.5 Å². The molecule has 1 aliphatic heterocycles. The second-order valence-electron chi connectivity index (χ2n) is 6.33. The van der Waals surface area contributed by atoms with Gasteiger partial charge in [-0.25, -0.2) is 4.79 Å². The molecular formula is C17H19N5O2S. The lowest BCUT2D eigenvalue weighted by Crippen LogP contribution is -2.39. The van der Waals surface area contributed by atoms with Gasteiger partial charge in [0.2, 0.25) is 0 Å². The molecule has 1 aliphatic rings. The van der Waals surface area contributed by atoms with Crippen LogP contribution in [-0.2, 0) is 9.53 Å². The Morgan fingerprint density at radius 2 is 2.20 bits per heavy atom. The number of hydrogen-bond acceptors (Lipinski definition) is 7. The van der Waals surface area contributed by atoms with Gasteiger partial charge in [-0.3, -0.25) is 0 Å². The fourth-order valence-electron chi connectivity index (χ4n) is 3.10. The lowest BCUT2D eigenvalue weighted by Gasteiger charge is -2.24. The first-order valence-corrected chi connectivity index (χ1v) is 9.30. The standard InChI is InChI=1S/C17H19N5O2S/c1-11(2)24-17(23)13-4-3-8-21(13)15-6-5-14-18-19-16(22(14)20-15)12-7-9-25-10-12/h5-7,9-11,13H,3-4,8H2,1-2H3/t13-/m0/s1. The first kappa shape index (κ1) is 16.0. The lowest BCUT2D eigenvalue weighted by molar-refractivity contribution is -0.148. The van der Waals surface area contributed by atoms with Gasteiger partial charge in [0.05, 0.1) is 6.10 Å². The molecule has 130 valence electrons. The number of ether oxygens (including phenoxy) is 1. The van der Waals surface area contributed by atoms with Crippen LogP contribution in [0.1, 0.15) is 26.7 Å². The minimum Gasteiger partial charge on any atom is -0.461 e. The normalized spacial score (nSPS) is 17.6. The van der Waals surface area contributed by atoms with Gasteiger partial charge in [0.25, 0.3) is 0 Å². The summed E-state index contributed by atoms with van der Waals surface area (Å²) in [6.45, 7) is 4.52. The number of carbonyl (C=O) groups excluding carboxylic acids is 1. The molecule has 0 bridgehead atoms. The molecule has 1 saturated heterocycles. The third-order valence-corrected chi connectivity index (χ3v) is 4.88. The monoisotopic (exact) mass is 357 g/mol. The van der Waals surface area contributed by atoms with Crippen LogP contribution in [0.2, 0.25) is 0 Å². The molecule has 4 rings (SSSR count). The van der Waals surface area contributed by atoms with E-state index in [-0.39, 0.29) is 18.1 Å². The highest BCUT2D eigenvalue weighted by molar-refractivity contribution is 7.08. The summed E-state index contributed by atoms with van der Waals surface area (Å²) in [5.41, 5.74) is 1.67. The third-order valence-electron chi connectivity index (χ3n) is 4.20. The van der Waals surface area contributed by atoms with Crippen molar-refractivity contribution in [3.8, 4) is 11.4 Å². The van der Waals surface area contributed by atoms with Crippen molar-refractivity contribution >= 4 is 28.8 Å². The van der Waals surface area contributed by atoms with Gasteiger partial charge in [-0.2, -0.15) is 15.9 Å².